The van der Waals surface area contributed by atoms with E-state index < -0.39 is 0 Å². The van der Waals surface area contributed by atoms with Gasteiger partial charge in [-0.25, -0.2) is 4.52 Å². The van der Waals surface area contributed by atoms with Gasteiger partial charge in [-0.1, -0.05) is 0 Å². The Morgan fingerprint density at radius 3 is 2.94 bits per heavy atom. The largest absolute Gasteiger partial charge is 0.356 e. The number of aliphatic imine (C=N–C) groups is 1. The van der Waals surface area contributed by atoms with Crippen LogP contribution in [0.3, 0.4) is 0 Å². The van der Waals surface area contributed by atoms with Crippen LogP contribution in [0.1, 0.15) is 18.4 Å². The van der Waals surface area contributed by atoms with Crippen LogP contribution in [0.15, 0.2) is 17.4 Å². The van der Waals surface area contributed by atoms with Gasteiger partial charge in [0.25, 0.3) is 0 Å². The summed E-state index contributed by atoms with van der Waals surface area (Å²) in [7, 11) is 0. The number of hydrogen-bond acceptors (Lipinski definition) is 4. The Hall–Kier alpha value is -2.11. The summed E-state index contributed by atoms with van der Waals surface area (Å²) in [6.07, 6.45) is 5.17. The normalized spacial score (nSPS) is 12.2. The molecule has 6 heteroatoms. The zero-order chi connectivity index (χ0) is 11.5. The van der Waals surface area contributed by atoms with Crippen molar-refractivity contribution in [2.45, 2.75) is 20.8 Å². The van der Waals surface area contributed by atoms with Crippen LogP contribution in [-0.4, -0.2) is 26.0 Å². The third-order valence-electron chi connectivity index (χ3n) is 2.24. The SMILES string of the molecule is CC=N/C=C\Nc1c(C)[nH]n2c(C)nnc12. The minimum atomic E-state index is 0.792. The number of hydrogen-bond donors (Lipinski definition) is 2. The van der Waals surface area contributed by atoms with Crippen LogP contribution in [0.5, 0.6) is 0 Å². The molecule has 2 rings (SSSR count). The van der Waals surface area contributed by atoms with E-state index in [1.807, 2.05) is 25.3 Å². The van der Waals surface area contributed by atoms with Gasteiger partial charge in [0.2, 0.25) is 5.65 Å². The second-order valence-electron chi connectivity index (χ2n) is 3.39. The molecule has 6 nitrogen and oxygen atoms in total. The van der Waals surface area contributed by atoms with Gasteiger partial charge in [0.1, 0.15) is 11.5 Å². The van der Waals surface area contributed by atoms with Crippen molar-refractivity contribution in [2.75, 3.05) is 5.32 Å². The molecular weight excluding hydrogens is 204 g/mol. The Balaban J connectivity index is 2.32. The van der Waals surface area contributed by atoms with Crippen molar-refractivity contribution in [1.29, 1.82) is 0 Å². The predicted octanol–water partition coefficient (Wildman–Crippen LogP) is 1.65. The maximum atomic E-state index is 4.08. The summed E-state index contributed by atoms with van der Waals surface area (Å²) in [6.45, 7) is 5.75. The molecule has 0 radical (unpaired) electrons. The molecule has 0 saturated carbocycles. The number of H-pyrrole nitrogens is 1. The molecule has 2 N–H and O–H groups in total. The van der Waals surface area contributed by atoms with Crippen LogP contribution < -0.4 is 5.32 Å². The number of fused-ring (bicyclic) bond motifs is 1. The second-order valence-corrected chi connectivity index (χ2v) is 3.39. The van der Waals surface area contributed by atoms with Crippen LogP contribution in [0.25, 0.3) is 5.65 Å². The van der Waals surface area contributed by atoms with Gasteiger partial charge in [0, 0.05) is 18.6 Å². The van der Waals surface area contributed by atoms with Gasteiger partial charge in [0.15, 0.2) is 0 Å². The van der Waals surface area contributed by atoms with E-state index in [0.29, 0.717) is 0 Å². The van der Waals surface area contributed by atoms with Crippen LogP contribution in [0, 0.1) is 13.8 Å². The minimum Gasteiger partial charge on any atom is -0.356 e. The van der Waals surface area contributed by atoms with Crippen LogP contribution in [0.2, 0.25) is 0 Å². The quantitative estimate of drug-likeness (QED) is 0.769. The van der Waals surface area contributed by atoms with E-state index in [2.05, 4.69) is 25.6 Å². The van der Waals surface area contributed by atoms with E-state index >= 15 is 0 Å². The summed E-state index contributed by atoms with van der Waals surface area (Å²) in [5, 5.41) is 14.4. The van der Waals surface area contributed by atoms with E-state index in [9.17, 15) is 0 Å². The van der Waals surface area contributed by atoms with Crippen molar-refractivity contribution >= 4 is 17.5 Å². The monoisotopic (exact) mass is 218 g/mol. The average molecular weight is 218 g/mol. The molecule has 0 aliphatic heterocycles. The number of aryl methyl sites for hydroxylation is 2. The molecule has 0 amide bonds. The van der Waals surface area contributed by atoms with Crippen molar-refractivity contribution in [3.8, 4) is 0 Å². The van der Waals surface area contributed by atoms with Gasteiger partial charge >= 0.3 is 0 Å². The Morgan fingerprint density at radius 1 is 1.38 bits per heavy atom. The highest BCUT2D eigenvalue weighted by atomic mass is 15.4. The molecule has 0 bridgehead atoms. The summed E-state index contributed by atoms with van der Waals surface area (Å²) in [4.78, 5) is 3.97. The van der Waals surface area contributed by atoms with Crippen molar-refractivity contribution in [1.82, 2.24) is 19.8 Å². The minimum absolute atomic E-state index is 0.792. The standard InChI is InChI=1S/C10H14N6/c1-4-11-5-6-12-9-7(2)15-16-8(3)13-14-10(9)16/h4-6,12,15H,1-3H3/b6-5-,11-4?. The van der Waals surface area contributed by atoms with E-state index in [1.165, 1.54) is 0 Å². The van der Waals surface area contributed by atoms with E-state index in [1.54, 1.807) is 18.6 Å². The molecule has 2 aromatic heterocycles. The Bertz CT molecular complexity index is 545. The summed E-state index contributed by atoms with van der Waals surface area (Å²) < 4.78 is 1.84. The molecule has 16 heavy (non-hydrogen) atoms. The first-order valence-electron chi connectivity index (χ1n) is 5.03. The lowest BCUT2D eigenvalue weighted by molar-refractivity contribution is 0.876. The fraction of sp³-hybridized carbons (Fsp3) is 0.300. The zero-order valence-corrected chi connectivity index (χ0v) is 9.52. The van der Waals surface area contributed by atoms with Gasteiger partial charge < -0.3 is 5.32 Å². The van der Waals surface area contributed by atoms with Crippen molar-refractivity contribution in [2.24, 2.45) is 4.99 Å². The third kappa shape index (κ3) is 1.69. The molecule has 0 aromatic carbocycles. The first-order valence-corrected chi connectivity index (χ1v) is 5.03. The fourth-order valence-corrected chi connectivity index (χ4v) is 1.47. The van der Waals surface area contributed by atoms with Crippen molar-refractivity contribution in [3.63, 3.8) is 0 Å². The molecule has 84 valence electrons. The van der Waals surface area contributed by atoms with E-state index in [0.717, 1.165) is 22.9 Å². The number of anilines is 1. The maximum absolute atomic E-state index is 4.08. The number of nitrogens with zero attached hydrogens (tertiary/aromatic N) is 4. The lowest BCUT2D eigenvalue weighted by atomic mass is 10.4. The first kappa shape index (κ1) is 10.4. The molecule has 0 aliphatic carbocycles. The van der Waals surface area contributed by atoms with Crippen LogP contribution in [0.4, 0.5) is 5.69 Å². The smallest absolute Gasteiger partial charge is 0.201 e. The fourth-order valence-electron chi connectivity index (χ4n) is 1.47. The Morgan fingerprint density at radius 2 is 2.19 bits per heavy atom. The summed E-state index contributed by atoms with van der Waals surface area (Å²) >= 11 is 0. The van der Waals surface area contributed by atoms with Crippen LogP contribution in [-0.2, 0) is 0 Å². The highest BCUT2D eigenvalue weighted by Crippen LogP contribution is 2.19. The summed E-state index contributed by atoms with van der Waals surface area (Å²) in [5.41, 5.74) is 2.72. The Kier molecular flexibility index (Phi) is 2.72. The van der Waals surface area contributed by atoms with E-state index in [4.69, 9.17) is 0 Å². The maximum Gasteiger partial charge on any atom is 0.201 e. The van der Waals surface area contributed by atoms with Crippen molar-refractivity contribution in [3.05, 3.63) is 23.9 Å². The molecule has 2 aromatic rings. The highest BCUT2D eigenvalue weighted by Gasteiger charge is 2.11. The molecule has 0 spiro atoms. The summed E-state index contributed by atoms with van der Waals surface area (Å²) in [6, 6.07) is 0. The number of aromatic amines is 1. The molecule has 0 unspecified atom stereocenters. The second kappa shape index (κ2) is 4.18. The zero-order valence-electron chi connectivity index (χ0n) is 9.52. The number of aromatic nitrogens is 4. The number of rotatable bonds is 3. The van der Waals surface area contributed by atoms with Gasteiger partial charge in [-0.2, -0.15) is 0 Å². The Labute approximate surface area is 93.1 Å². The summed E-state index contributed by atoms with van der Waals surface area (Å²) in [5.74, 6) is 0.835. The van der Waals surface area contributed by atoms with Gasteiger partial charge in [-0.05, 0) is 20.8 Å². The first-order chi connectivity index (χ1) is 7.74. The van der Waals surface area contributed by atoms with Crippen molar-refractivity contribution < 1.29 is 0 Å². The highest BCUT2D eigenvalue weighted by molar-refractivity contribution is 5.71. The number of nitrogens with one attached hydrogen (secondary N) is 2. The lowest BCUT2D eigenvalue weighted by Crippen LogP contribution is -1.89. The van der Waals surface area contributed by atoms with Gasteiger partial charge in [-0.3, -0.25) is 10.1 Å². The molecule has 2 heterocycles. The third-order valence-corrected chi connectivity index (χ3v) is 2.24. The lowest BCUT2D eigenvalue weighted by Gasteiger charge is -1.95. The van der Waals surface area contributed by atoms with E-state index in [-0.39, 0.29) is 0 Å². The molecule has 0 saturated heterocycles. The molecule has 0 atom stereocenters. The molecule has 0 fully saturated rings. The van der Waals surface area contributed by atoms with Crippen LogP contribution >= 0.6 is 0 Å². The predicted molar refractivity (Wildman–Crippen MR) is 63.7 cm³/mol. The molecular formula is C10H14N6. The van der Waals surface area contributed by atoms with Gasteiger partial charge in [-0.15, -0.1) is 10.2 Å². The van der Waals surface area contributed by atoms with Gasteiger partial charge in [0.05, 0.1) is 5.69 Å². The molecule has 0 aliphatic rings. The average Bonchev–Trinajstić information content (AvgIpc) is 2.76. The topological polar surface area (TPSA) is 70.4 Å².